The summed E-state index contributed by atoms with van der Waals surface area (Å²) >= 11 is 0. The molecular formula is C15H22N4. The molecule has 0 saturated heterocycles. The lowest BCUT2D eigenvalue weighted by Crippen LogP contribution is -2.62. The van der Waals surface area contributed by atoms with Gasteiger partial charge in [0.15, 0.2) is 0 Å². The molecule has 0 atom stereocenters. The Hall–Kier alpha value is -0.930. The second-order valence-electron chi connectivity index (χ2n) is 7.69. The third-order valence-electron chi connectivity index (χ3n) is 7.20. The van der Waals surface area contributed by atoms with Gasteiger partial charge in [0.05, 0.1) is 0 Å². The summed E-state index contributed by atoms with van der Waals surface area (Å²) in [6.07, 6.45) is 11.3. The lowest BCUT2D eigenvalue weighted by atomic mass is 9.36. The van der Waals surface area contributed by atoms with Crippen molar-refractivity contribution in [3.8, 4) is 0 Å². The van der Waals surface area contributed by atoms with E-state index in [2.05, 4.69) is 20.6 Å². The molecule has 1 N–H and O–H groups in total. The number of tetrazole rings is 1. The number of hydrogen-bond acceptors (Lipinski definition) is 3. The zero-order valence-corrected chi connectivity index (χ0v) is 11.3. The van der Waals surface area contributed by atoms with E-state index in [0.29, 0.717) is 0 Å². The van der Waals surface area contributed by atoms with Crippen LogP contribution < -0.4 is 0 Å². The van der Waals surface area contributed by atoms with E-state index in [0.717, 1.165) is 0 Å². The second-order valence-corrected chi connectivity index (χ2v) is 7.69. The lowest BCUT2D eigenvalue weighted by Gasteiger charge is -2.69. The third-order valence-corrected chi connectivity index (χ3v) is 7.20. The van der Waals surface area contributed by atoms with E-state index in [1.807, 2.05) is 0 Å². The minimum absolute atomic E-state index is 1.19. The molecule has 7 fully saturated rings. The van der Waals surface area contributed by atoms with Crippen LogP contribution in [0.3, 0.4) is 0 Å². The van der Waals surface area contributed by atoms with Crippen LogP contribution in [0.2, 0.25) is 0 Å². The molecule has 7 saturated carbocycles. The van der Waals surface area contributed by atoms with Gasteiger partial charge >= 0.3 is 0 Å². The Kier molecular flexibility index (Phi) is 2.16. The van der Waals surface area contributed by atoms with Crippen LogP contribution >= 0.6 is 0 Å². The minimum atomic E-state index is 1.19. The molecule has 0 radical (unpaired) electrons. The zero-order chi connectivity index (χ0) is 12.4. The van der Waals surface area contributed by atoms with Gasteiger partial charge in [-0.2, -0.15) is 0 Å². The quantitative estimate of drug-likeness (QED) is 0.778. The first-order valence-electron chi connectivity index (χ1n) is 8.07. The van der Waals surface area contributed by atoms with Gasteiger partial charge in [-0.3, -0.25) is 0 Å². The van der Waals surface area contributed by atoms with Gasteiger partial charge in [0, 0.05) is 0 Å². The summed E-state index contributed by atoms with van der Waals surface area (Å²) in [5.74, 6) is 9.74. The molecule has 0 spiro atoms. The van der Waals surface area contributed by atoms with E-state index >= 15 is 0 Å². The second kappa shape index (κ2) is 3.80. The molecule has 0 unspecified atom stereocenters. The summed E-state index contributed by atoms with van der Waals surface area (Å²) in [6, 6.07) is 0. The monoisotopic (exact) mass is 258 g/mol. The highest BCUT2D eigenvalue weighted by Crippen LogP contribution is 2.71. The fraction of sp³-hybridized carbons (Fsp3) is 0.933. The number of H-pyrrole nitrogens is 1. The predicted octanol–water partition coefficient (Wildman–Crippen LogP) is 2.52. The van der Waals surface area contributed by atoms with Gasteiger partial charge in [-0.1, -0.05) is 0 Å². The highest BCUT2D eigenvalue weighted by atomic mass is 15.5. The number of aromatic nitrogens is 4. The summed E-state index contributed by atoms with van der Waals surface area (Å²) in [5, 5.41) is 12.1. The Morgan fingerprint density at radius 3 is 1.32 bits per heavy atom. The van der Waals surface area contributed by atoms with E-state index in [9.17, 15) is 0 Å². The number of nitrogens with zero attached hydrogens (tertiary/aromatic N) is 3. The molecule has 0 aliphatic heterocycles. The first-order valence-corrected chi connectivity index (χ1v) is 8.07. The minimum Gasteiger partial charge on any atom is -0.246 e. The molecule has 19 heavy (non-hydrogen) atoms. The number of nitrogens with one attached hydrogen (secondary N) is 1. The highest BCUT2D eigenvalue weighted by molar-refractivity contribution is 5.12. The Balaban J connectivity index is 0.000000152. The fourth-order valence-corrected chi connectivity index (χ4v) is 7.02. The van der Waals surface area contributed by atoms with E-state index in [4.69, 9.17) is 0 Å². The summed E-state index contributed by atoms with van der Waals surface area (Å²) < 4.78 is 0. The van der Waals surface area contributed by atoms with Crippen molar-refractivity contribution in [2.75, 3.05) is 0 Å². The maximum absolute atomic E-state index is 3.31. The normalized spacial score (nSPS) is 55.2. The van der Waals surface area contributed by atoms with Crippen LogP contribution in [-0.4, -0.2) is 20.6 Å². The largest absolute Gasteiger partial charge is 0.246 e. The molecule has 1 aromatic rings. The van der Waals surface area contributed by atoms with Gasteiger partial charge in [-0.05, 0) is 96.3 Å². The first-order chi connectivity index (χ1) is 9.40. The Labute approximate surface area is 113 Å². The summed E-state index contributed by atoms with van der Waals surface area (Å²) in [6.45, 7) is 0. The van der Waals surface area contributed by atoms with Crippen LogP contribution in [0.5, 0.6) is 0 Å². The average molecular weight is 258 g/mol. The van der Waals surface area contributed by atoms with Crippen molar-refractivity contribution in [3.05, 3.63) is 6.33 Å². The fourth-order valence-electron chi connectivity index (χ4n) is 7.02. The van der Waals surface area contributed by atoms with E-state index in [1.54, 1.807) is 38.5 Å². The molecule has 7 aliphatic rings. The van der Waals surface area contributed by atoms with Gasteiger partial charge in [0.2, 0.25) is 0 Å². The molecule has 0 amide bonds. The molecule has 1 heterocycles. The van der Waals surface area contributed by atoms with Crippen molar-refractivity contribution in [2.24, 2.45) is 47.3 Å². The summed E-state index contributed by atoms with van der Waals surface area (Å²) in [7, 11) is 0. The van der Waals surface area contributed by atoms with Gasteiger partial charge in [-0.15, -0.1) is 5.10 Å². The maximum Gasteiger partial charge on any atom is 0.135 e. The molecule has 102 valence electrons. The molecule has 8 rings (SSSR count). The molecular weight excluding hydrogens is 236 g/mol. The number of hydrogen-bond donors (Lipinski definition) is 1. The van der Waals surface area contributed by atoms with Crippen molar-refractivity contribution in [1.29, 1.82) is 0 Å². The molecule has 8 bridgehead atoms. The average Bonchev–Trinajstić information content (AvgIpc) is 3.03. The van der Waals surface area contributed by atoms with Gasteiger partial charge in [0.25, 0.3) is 0 Å². The Morgan fingerprint density at radius 2 is 1.11 bits per heavy atom. The predicted molar refractivity (Wildman–Crippen MR) is 69.8 cm³/mol. The van der Waals surface area contributed by atoms with Crippen molar-refractivity contribution in [3.63, 3.8) is 0 Å². The van der Waals surface area contributed by atoms with Crippen LogP contribution in [-0.2, 0) is 0 Å². The number of aromatic amines is 1. The lowest BCUT2D eigenvalue weighted by molar-refractivity contribution is -0.202. The third kappa shape index (κ3) is 1.43. The van der Waals surface area contributed by atoms with Crippen LogP contribution in [0.15, 0.2) is 6.33 Å². The van der Waals surface area contributed by atoms with Crippen LogP contribution in [0, 0.1) is 47.3 Å². The van der Waals surface area contributed by atoms with E-state index < -0.39 is 0 Å². The maximum atomic E-state index is 3.31. The van der Waals surface area contributed by atoms with E-state index in [-0.39, 0.29) is 0 Å². The van der Waals surface area contributed by atoms with Gasteiger partial charge < -0.3 is 0 Å². The summed E-state index contributed by atoms with van der Waals surface area (Å²) in [4.78, 5) is 0. The van der Waals surface area contributed by atoms with Crippen LogP contribution in [0.25, 0.3) is 0 Å². The van der Waals surface area contributed by atoms with Gasteiger partial charge in [-0.25, -0.2) is 5.10 Å². The SMILES string of the molecule is C1C2CC3C4CC5CC(C14)C(C2)C3C5.c1nnn[nH]1. The van der Waals surface area contributed by atoms with Crippen molar-refractivity contribution in [2.45, 2.75) is 38.5 Å². The Morgan fingerprint density at radius 1 is 0.684 bits per heavy atom. The first kappa shape index (κ1) is 10.8. The van der Waals surface area contributed by atoms with Crippen molar-refractivity contribution < 1.29 is 0 Å². The smallest absolute Gasteiger partial charge is 0.135 e. The van der Waals surface area contributed by atoms with Crippen LogP contribution in [0.4, 0.5) is 0 Å². The van der Waals surface area contributed by atoms with Crippen molar-refractivity contribution in [1.82, 2.24) is 20.6 Å². The number of rotatable bonds is 0. The molecule has 7 aliphatic carbocycles. The van der Waals surface area contributed by atoms with E-state index in [1.165, 1.54) is 53.7 Å². The topological polar surface area (TPSA) is 54.5 Å². The highest BCUT2D eigenvalue weighted by Gasteiger charge is 2.63. The Bertz CT molecular complexity index is 352. The van der Waals surface area contributed by atoms with Gasteiger partial charge in [0.1, 0.15) is 6.33 Å². The van der Waals surface area contributed by atoms with Crippen molar-refractivity contribution >= 4 is 0 Å². The molecule has 1 aromatic heterocycles. The molecule has 4 nitrogen and oxygen atoms in total. The standard InChI is InChI=1S/C14H20.CH2N4/c1-7-2-12-10-4-8-5-11(9(1)10)13(3-7)14(12)6-8;1-2-4-5-3-1/h7-14H,1-6H2;1H,(H,2,3,4,5). The molecule has 0 aromatic carbocycles. The van der Waals surface area contributed by atoms with Crippen LogP contribution in [0.1, 0.15) is 38.5 Å². The zero-order valence-electron chi connectivity index (χ0n) is 11.3. The summed E-state index contributed by atoms with van der Waals surface area (Å²) in [5.41, 5.74) is 0. The molecule has 4 heteroatoms.